The van der Waals surface area contributed by atoms with Gasteiger partial charge in [0.15, 0.2) is 5.82 Å². The number of aromatic nitrogens is 3. The second-order valence-corrected chi connectivity index (χ2v) is 3.64. The summed E-state index contributed by atoms with van der Waals surface area (Å²) in [4.78, 5) is 10.3. The third kappa shape index (κ3) is 2.54. The van der Waals surface area contributed by atoms with Gasteiger partial charge in [-0.15, -0.1) is 5.10 Å². The molecule has 0 fully saturated rings. The minimum Gasteiger partial charge on any atom is -0.496 e. The molecule has 2 N–H and O–H groups in total. The Hall–Kier alpha value is -2.64. The predicted molar refractivity (Wildman–Crippen MR) is 63.2 cm³/mol. The number of hydrogen-bond donors (Lipinski definition) is 1. The Balaban J connectivity index is 2.32. The van der Waals surface area contributed by atoms with Crippen molar-refractivity contribution in [2.24, 2.45) is 0 Å². The average Bonchev–Trinajstić information content (AvgIpc) is 2.74. The van der Waals surface area contributed by atoms with Crippen molar-refractivity contribution in [3.05, 3.63) is 40.1 Å². The Morgan fingerprint density at radius 3 is 2.83 bits per heavy atom. The molecule has 0 atom stereocenters. The van der Waals surface area contributed by atoms with Gasteiger partial charge in [-0.1, -0.05) is 5.21 Å². The lowest BCUT2D eigenvalue weighted by molar-refractivity contribution is -0.385. The molecule has 8 nitrogen and oxygen atoms in total. The van der Waals surface area contributed by atoms with Gasteiger partial charge < -0.3 is 10.5 Å². The van der Waals surface area contributed by atoms with Crippen molar-refractivity contribution >= 4 is 11.5 Å². The van der Waals surface area contributed by atoms with E-state index in [2.05, 4.69) is 10.3 Å². The summed E-state index contributed by atoms with van der Waals surface area (Å²) >= 11 is 0. The molecule has 2 rings (SSSR count). The van der Waals surface area contributed by atoms with Crippen LogP contribution in [-0.4, -0.2) is 27.0 Å². The van der Waals surface area contributed by atoms with Gasteiger partial charge >= 0.3 is 0 Å². The van der Waals surface area contributed by atoms with E-state index in [1.807, 2.05) is 0 Å². The van der Waals surface area contributed by atoms with Gasteiger partial charge in [-0.3, -0.25) is 10.1 Å². The summed E-state index contributed by atoms with van der Waals surface area (Å²) in [6.45, 7) is 0.336. The maximum absolute atomic E-state index is 10.8. The van der Waals surface area contributed by atoms with Crippen LogP contribution >= 0.6 is 0 Å². The van der Waals surface area contributed by atoms with E-state index in [1.54, 1.807) is 12.3 Å². The van der Waals surface area contributed by atoms with Crippen LogP contribution < -0.4 is 10.5 Å². The highest BCUT2D eigenvalue weighted by Crippen LogP contribution is 2.23. The molecule has 0 saturated carbocycles. The third-order valence-electron chi connectivity index (χ3n) is 2.30. The van der Waals surface area contributed by atoms with E-state index in [9.17, 15) is 10.1 Å². The van der Waals surface area contributed by atoms with Gasteiger partial charge in [-0.2, -0.15) is 0 Å². The van der Waals surface area contributed by atoms with Crippen molar-refractivity contribution in [3.8, 4) is 5.75 Å². The number of nitro benzene ring substituents is 1. The van der Waals surface area contributed by atoms with Crippen LogP contribution in [0.5, 0.6) is 5.75 Å². The largest absolute Gasteiger partial charge is 0.496 e. The highest BCUT2D eigenvalue weighted by molar-refractivity contribution is 5.42. The van der Waals surface area contributed by atoms with E-state index in [0.29, 0.717) is 23.7 Å². The quantitative estimate of drug-likeness (QED) is 0.634. The molecule has 0 unspecified atom stereocenters. The minimum absolute atomic E-state index is 0.0302. The summed E-state index contributed by atoms with van der Waals surface area (Å²) in [6, 6.07) is 4.52. The second kappa shape index (κ2) is 4.70. The zero-order valence-electron chi connectivity index (χ0n) is 9.61. The molecule has 8 heteroatoms. The van der Waals surface area contributed by atoms with Crippen molar-refractivity contribution in [2.45, 2.75) is 6.54 Å². The van der Waals surface area contributed by atoms with Gasteiger partial charge in [0.05, 0.1) is 30.8 Å². The number of anilines is 1. The van der Waals surface area contributed by atoms with Crippen LogP contribution in [0.25, 0.3) is 0 Å². The molecule has 94 valence electrons. The SMILES string of the molecule is COc1cc(Cn2cc(N)nn2)cc([N+](=O)[O-])c1. The van der Waals surface area contributed by atoms with E-state index in [0.717, 1.165) is 0 Å². The first kappa shape index (κ1) is 11.8. The molecule has 0 saturated heterocycles. The minimum atomic E-state index is -0.471. The van der Waals surface area contributed by atoms with E-state index >= 15 is 0 Å². The molecule has 0 aliphatic heterocycles. The number of rotatable bonds is 4. The normalized spacial score (nSPS) is 10.3. The Morgan fingerprint density at radius 2 is 2.28 bits per heavy atom. The molecule has 0 bridgehead atoms. The van der Waals surface area contributed by atoms with Crippen LogP contribution in [-0.2, 0) is 6.54 Å². The number of nitrogen functional groups attached to an aromatic ring is 1. The molecule has 0 radical (unpaired) electrons. The number of nitrogens with zero attached hydrogens (tertiary/aromatic N) is 4. The lowest BCUT2D eigenvalue weighted by Crippen LogP contribution is -2.02. The van der Waals surface area contributed by atoms with Gasteiger partial charge in [0.25, 0.3) is 5.69 Å². The van der Waals surface area contributed by atoms with Crippen LogP contribution in [0.15, 0.2) is 24.4 Å². The maximum Gasteiger partial charge on any atom is 0.273 e. The number of nitrogens with two attached hydrogens (primary N) is 1. The van der Waals surface area contributed by atoms with E-state index in [-0.39, 0.29) is 5.69 Å². The number of methoxy groups -OCH3 is 1. The molecule has 1 aromatic heterocycles. The first-order chi connectivity index (χ1) is 8.58. The number of hydrogen-bond acceptors (Lipinski definition) is 6. The highest BCUT2D eigenvalue weighted by Gasteiger charge is 2.11. The Kier molecular flexibility index (Phi) is 3.09. The Labute approximate surface area is 102 Å². The lowest BCUT2D eigenvalue weighted by atomic mass is 10.2. The van der Waals surface area contributed by atoms with Crippen LogP contribution in [0.1, 0.15) is 5.56 Å². The monoisotopic (exact) mass is 249 g/mol. The van der Waals surface area contributed by atoms with Crippen LogP contribution in [0.4, 0.5) is 11.5 Å². The fourth-order valence-electron chi connectivity index (χ4n) is 1.54. The predicted octanol–water partition coefficient (Wildman–Crippen LogP) is 0.825. The summed E-state index contributed by atoms with van der Waals surface area (Å²) in [7, 11) is 1.45. The highest BCUT2D eigenvalue weighted by atomic mass is 16.6. The molecule has 1 aromatic carbocycles. The van der Waals surface area contributed by atoms with Crippen molar-refractivity contribution in [2.75, 3.05) is 12.8 Å². The maximum atomic E-state index is 10.8. The van der Waals surface area contributed by atoms with E-state index in [4.69, 9.17) is 10.5 Å². The molecule has 18 heavy (non-hydrogen) atoms. The summed E-state index contributed by atoms with van der Waals surface area (Å²) in [5.41, 5.74) is 6.10. The molecular weight excluding hydrogens is 238 g/mol. The summed E-state index contributed by atoms with van der Waals surface area (Å²) < 4.78 is 6.51. The van der Waals surface area contributed by atoms with Crippen molar-refractivity contribution in [3.63, 3.8) is 0 Å². The number of nitro groups is 1. The van der Waals surface area contributed by atoms with Crippen molar-refractivity contribution < 1.29 is 9.66 Å². The third-order valence-corrected chi connectivity index (χ3v) is 2.30. The van der Waals surface area contributed by atoms with Crippen LogP contribution in [0.3, 0.4) is 0 Å². The molecule has 1 heterocycles. The number of non-ortho nitro benzene ring substituents is 1. The van der Waals surface area contributed by atoms with Crippen LogP contribution in [0, 0.1) is 10.1 Å². The number of ether oxygens (including phenoxy) is 1. The molecular formula is C10H11N5O3. The van der Waals surface area contributed by atoms with Gasteiger partial charge in [0.1, 0.15) is 5.75 Å². The van der Waals surface area contributed by atoms with E-state index < -0.39 is 4.92 Å². The summed E-state index contributed by atoms with van der Waals surface area (Å²) in [5, 5.41) is 18.2. The van der Waals surface area contributed by atoms with Gasteiger partial charge in [-0.05, 0) is 11.6 Å². The number of benzene rings is 1. The zero-order valence-corrected chi connectivity index (χ0v) is 9.61. The van der Waals surface area contributed by atoms with Gasteiger partial charge in [-0.25, -0.2) is 4.68 Å². The Morgan fingerprint density at radius 1 is 1.50 bits per heavy atom. The van der Waals surface area contributed by atoms with Crippen LogP contribution in [0.2, 0.25) is 0 Å². The van der Waals surface area contributed by atoms with E-state index in [1.165, 1.54) is 23.9 Å². The summed E-state index contributed by atoms with van der Waals surface area (Å²) in [6.07, 6.45) is 1.55. The molecule has 0 spiro atoms. The average molecular weight is 249 g/mol. The molecule has 0 amide bonds. The van der Waals surface area contributed by atoms with Crippen molar-refractivity contribution in [1.29, 1.82) is 0 Å². The first-order valence-electron chi connectivity index (χ1n) is 5.06. The molecule has 2 aromatic rings. The second-order valence-electron chi connectivity index (χ2n) is 3.64. The fraction of sp³-hybridized carbons (Fsp3) is 0.200. The molecule has 0 aliphatic rings. The smallest absolute Gasteiger partial charge is 0.273 e. The molecule has 0 aliphatic carbocycles. The lowest BCUT2D eigenvalue weighted by Gasteiger charge is -2.04. The fourth-order valence-corrected chi connectivity index (χ4v) is 1.54. The zero-order chi connectivity index (χ0) is 13.1. The van der Waals surface area contributed by atoms with Crippen molar-refractivity contribution in [1.82, 2.24) is 15.0 Å². The Bertz CT molecular complexity index is 581. The summed E-state index contributed by atoms with van der Waals surface area (Å²) in [5.74, 6) is 0.722. The standard InChI is InChI=1S/C10H11N5O3/c1-18-9-3-7(2-8(4-9)15(16)17)5-14-6-10(11)12-13-14/h2-4,6H,5,11H2,1H3. The van der Waals surface area contributed by atoms with Gasteiger partial charge in [0.2, 0.25) is 0 Å². The topological polar surface area (TPSA) is 109 Å². The first-order valence-corrected chi connectivity index (χ1v) is 5.06. The van der Waals surface area contributed by atoms with Gasteiger partial charge in [0, 0.05) is 6.07 Å².